The third kappa shape index (κ3) is 4.63. The summed E-state index contributed by atoms with van der Waals surface area (Å²) in [5.41, 5.74) is 1.71. The zero-order chi connectivity index (χ0) is 15.8. The van der Waals surface area contributed by atoms with Crippen molar-refractivity contribution in [1.82, 2.24) is 10.3 Å². The first-order valence-corrected chi connectivity index (χ1v) is 7.23. The Morgan fingerprint density at radius 2 is 1.82 bits per heavy atom. The number of amides is 1. The molecule has 1 heterocycles. The van der Waals surface area contributed by atoms with Crippen LogP contribution in [0, 0.1) is 5.82 Å². The van der Waals surface area contributed by atoms with Crippen LogP contribution < -0.4 is 5.32 Å². The largest absolute Gasteiger partial charge is 0.381 e. The zero-order valence-electron chi connectivity index (χ0n) is 12.5. The topological polar surface area (TPSA) is 51.2 Å². The van der Waals surface area contributed by atoms with Crippen LogP contribution in [0.15, 0.2) is 48.8 Å². The summed E-state index contributed by atoms with van der Waals surface area (Å²) in [4.78, 5) is 16.0. The van der Waals surface area contributed by atoms with Crippen molar-refractivity contribution in [2.24, 2.45) is 0 Å². The van der Waals surface area contributed by atoms with Crippen LogP contribution >= 0.6 is 0 Å². The molecular formula is C17H19FN2O2. The highest BCUT2D eigenvalue weighted by Gasteiger charge is 2.16. The van der Waals surface area contributed by atoms with E-state index in [0.717, 1.165) is 11.1 Å². The number of nitrogens with zero attached hydrogens (tertiary/aromatic N) is 1. The van der Waals surface area contributed by atoms with Crippen LogP contribution in [0.3, 0.4) is 0 Å². The predicted octanol–water partition coefficient (Wildman–Crippen LogP) is 2.85. The lowest BCUT2D eigenvalue weighted by molar-refractivity contribution is -0.122. The van der Waals surface area contributed by atoms with E-state index in [-0.39, 0.29) is 24.2 Å². The number of carbonyl (C=O) groups excluding carboxylic acids is 1. The second kappa shape index (κ2) is 8.24. The maximum absolute atomic E-state index is 13.1. The van der Waals surface area contributed by atoms with Gasteiger partial charge < -0.3 is 10.1 Å². The lowest BCUT2D eigenvalue weighted by atomic mass is 9.99. The number of rotatable bonds is 7. The molecule has 0 radical (unpaired) electrons. The van der Waals surface area contributed by atoms with Gasteiger partial charge in [0.25, 0.3) is 0 Å². The van der Waals surface area contributed by atoms with Crippen LogP contribution in [-0.4, -0.2) is 24.1 Å². The highest BCUT2D eigenvalue weighted by molar-refractivity contribution is 5.77. The molecule has 1 aromatic carbocycles. The summed E-state index contributed by atoms with van der Waals surface area (Å²) < 4.78 is 18.3. The summed E-state index contributed by atoms with van der Waals surface area (Å²) in [5, 5.41) is 2.96. The van der Waals surface area contributed by atoms with Gasteiger partial charge in [0.1, 0.15) is 5.82 Å². The summed E-state index contributed by atoms with van der Waals surface area (Å²) in [6, 6.07) is 9.43. The number of hydrogen-bond acceptors (Lipinski definition) is 3. The van der Waals surface area contributed by atoms with Gasteiger partial charge in [0, 0.05) is 25.4 Å². The Labute approximate surface area is 129 Å². The fourth-order valence-corrected chi connectivity index (χ4v) is 2.11. The van der Waals surface area contributed by atoms with E-state index in [1.807, 2.05) is 19.1 Å². The van der Waals surface area contributed by atoms with Gasteiger partial charge in [0.05, 0.1) is 12.6 Å². The molecule has 2 aromatic rings. The number of carbonyl (C=O) groups is 1. The molecule has 0 aliphatic rings. The van der Waals surface area contributed by atoms with Gasteiger partial charge in [-0.25, -0.2) is 4.39 Å². The molecule has 116 valence electrons. The molecule has 0 saturated heterocycles. The maximum atomic E-state index is 13.1. The molecule has 5 heteroatoms. The van der Waals surface area contributed by atoms with Crippen molar-refractivity contribution in [2.75, 3.05) is 13.2 Å². The number of benzene rings is 1. The van der Waals surface area contributed by atoms with E-state index >= 15 is 0 Å². The van der Waals surface area contributed by atoms with Crippen molar-refractivity contribution >= 4 is 5.91 Å². The van der Waals surface area contributed by atoms with E-state index in [1.54, 1.807) is 24.5 Å². The van der Waals surface area contributed by atoms with Gasteiger partial charge in [-0.15, -0.1) is 0 Å². The van der Waals surface area contributed by atoms with Crippen molar-refractivity contribution < 1.29 is 13.9 Å². The van der Waals surface area contributed by atoms with Crippen molar-refractivity contribution in [3.8, 4) is 0 Å². The molecule has 4 nitrogen and oxygen atoms in total. The Balaban J connectivity index is 2.15. The van der Waals surface area contributed by atoms with Crippen LogP contribution in [0.2, 0.25) is 0 Å². The van der Waals surface area contributed by atoms with Gasteiger partial charge in [-0.3, -0.25) is 9.78 Å². The van der Waals surface area contributed by atoms with Gasteiger partial charge in [-0.1, -0.05) is 12.1 Å². The SMILES string of the molecule is CCOCCC(=O)NC(c1ccncc1)c1ccc(F)cc1. The quantitative estimate of drug-likeness (QED) is 0.800. The van der Waals surface area contributed by atoms with Gasteiger partial charge in [-0.2, -0.15) is 0 Å². The molecule has 0 bridgehead atoms. The molecule has 1 unspecified atom stereocenters. The number of halogens is 1. The minimum absolute atomic E-state index is 0.111. The first-order chi connectivity index (χ1) is 10.7. The Hall–Kier alpha value is -2.27. The fourth-order valence-electron chi connectivity index (χ4n) is 2.11. The smallest absolute Gasteiger partial charge is 0.223 e. The molecule has 1 amide bonds. The molecule has 0 spiro atoms. The Kier molecular flexibility index (Phi) is 6.03. The summed E-state index contributed by atoms with van der Waals surface area (Å²) in [6.07, 6.45) is 3.62. The normalized spacial score (nSPS) is 11.9. The van der Waals surface area contributed by atoms with Crippen LogP contribution in [0.5, 0.6) is 0 Å². The van der Waals surface area contributed by atoms with Gasteiger partial charge in [0.15, 0.2) is 0 Å². The molecule has 1 atom stereocenters. The van der Waals surface area contributed by atoms with Crippen molar-refractivity contribution in [3.63, 3.8) is 0 Å². The second-order valence-corrected chi connectivity index (χ2v) is 4.78. The minimum atomic E-state index is -0.335. The average molecular weight is 302 g/mol. The van der Waals surface area contributed by atoms with Crippen molar-refractivity contribution in [3.05, 3.63) is 65.7 Å². The summed E-state index contributed by atoms with van der Waals surface area (Å²) >= 11 is 0. The van der Waals surface area contributed by atoms with E-state index in [0.29, 0.717) is 13.2 Å². The monoisotopic (exact) mass is 302 g/mol. The average Bonchev–Trinajstić information content (AvgIpc) is 2.55. The lowest BCUT2D eigenvalue weighted by Gasteiger charge is -2.19. The van der Waals surface area contributed by atoms with Crippen LogP contribution in [0.4, 0.5) is 4.39 Å². The molecular weight excluding hydrogens is 283 g/mol. The number of pyridine rings is 1. The first-order valence-electron chi connectivity index (χ1n) is 7.23. The number of nitrogens with one attached hydrogen (secondary N) is 1. The standard InChI is InChI=1S/C17H19FN2O2/c1-2-22-12-9-16(21)20-17(14-7-10-19-11-8-14)13-3-5-15(18)6-4-13/h3-8,10-11,17H,2,9,12H2,1H3,(H,20,21). The van der Waals surface area contributed by atoms with Crippen LogP contribution in [-0.2, 0) is 9.53 Å². The highest BCUT2D eigenvalue weighted by Crippen LogP contribution is 2.22. The van der Waals surface area contributed by atoms with Gasteiger partial charge in [-0.05, 0) is 42.3 Å². The zero-order valence-corrected chi connectivity index (χ0v) is 12.5. The van der Waals surface area contributed by atoms with E-state index in [9.17, 15) is 9.18 Å². The molecule has 22 heavy (non-hydrogen) atoms. The molecule has 0 aliphatic heterocycles. The number of ether oxygens (including phenoxy) is 1. The molecule has 0 fully saturated rings. The van der Waals surface area contributed by atoms with Gasteiger partial charge >= 0.3 is 0 Å². The van der Waals surface area contributed by atoms with E-state index in [1.165, 1.54) is 12.1 Å². The Morgan fingerprint density at radius 1 is 1.18 bits per heavy atom. The molecule has 0 aliphatic carbocycles. The van der Waals surface area contributed by atoms with Crippen molar-refractivity contribution in [2.45, 2.75) is 19.4 Å². The number of aromatic nitrogens is 1. The van der Waals surface area contributed by atoms with Crippen LogP contribution in [0.25, 0.3) is 0 Å². The lowest BCUT2D eigenvalue weighted by Crippen LogP contribution is -2.30. The van der Waals surface area contributed by atoms with E-state index in [2.05, 4.69) is 10.3 Å². The summed E-state index contributed by atoms with van der Waals surface area (Å²) in [6.45, 7) is 2.85. The maximum Gasteiger partial charge on any atom is 0.223 e. The van der Waals surface area contributed by atoms with Crippen molar-refractivity contribution in [1.29, 1.82) is 0 Å². The molecule has 1 aromatic heterocycles. The molecule has 0 saturated carbocycles. The van der Waals surface area contributed by atoms with E-state index < -0.39 is 0 Å². The van der Waals surface area contributed by atoms with E-state index in [4.69, 9.17) is 4.74 Å². The second-order valence-electron chi connectivity index (χ2n) is 4.78. The fraction of sp³-hybridized carbons (Fsp3) is 0.294. The highest BCUT2D eigenvalue weighted by atomic mass is 19.1. The Bertz CT molecular complexity index is 587. The molecule has 2 rings (SSSR count). The third-order valence-electron chi connectivity index (χ3n) is 3.23. The molecule has 1 N–H and O–H groups in total. The first kappa shape index (κ1) is 16.1. The van der Waals surface area contributed by atoms with Crippen LogP contribution in [0.1, 0.15) is 30.5 Å². The third-order valence-corrected chi connectivity index (χ3v) is 3.23. The summed E-state index contributed by atoms with van der Waals surface area (Å²) in [5.74, 6) is -0.417. The number of hydrogen-bond donors (Lipinski definition) is 1. The predicted molar refractivity (Wildman–Crippen MR) is 81.7 cm³/mol. The van der Waals surface area contributed by atoms with Gasteiger partial charge in [0.2, 0.25) is 5.91 Å². The minimum Gasteiger partial charge on any atom is -0.381 e. The Morgan fingerprint density at radius 3 is 2.45 bits per heavy atom. The summed E-state index contributed by atoms with van der Waals surface area (Å²) in [7, 11) is 0.